The van der Waals surface area contributed by atoms with E-state index in [1.165, 1.54) is 6.92 Å². The number of hydrogen-bond donors (Lipinski definition) is 0. The van der Waals surface area contributed by atoms with E-state index in [-0.39, 0.29) is 12.2 Å². The maximum Gasteiger partial charge on any atom is 0.157 e. The van der Waals surface area contributed by atoms with E-state index in [4.69, 9.17) is 0 Å². The number of nitrogens with zero attached hydrogens (tertiary/aromatic N) is 2. The molecule has 0 amide bonds. The maximum atomic E-state index is 11.6. The maximum absolute atomic E-state index is 11.6. The van der Waals surface area contributed by atoms with Gasteiger partial charge in [0.25, 0.3) is 0 Å². The Hall–Kier alpha value is -1.17. The van der Waals surface area contributed by atoms with E-state index in [0.717, 1.165) is 11.8 Å². The fraction of sp³-hybridized carbons (Fsp3) is 0.556. The molecule has 5 nitrogen and oxygen atoms in total. The molecule has 0 spiro atoms. The Balaban J connectivity index is 2.72. The number of rotatable bonds is 4. The van der Waals surface area contributed by atoms with Crippen LogP contribution in [0.3, 0.4) is 0 Å². The number of carbonyl (C=O) groups is 1. The number of sulfone groups is 1. The van der Waals surface area contributed by atoms with Crippen molar-refractivity contribution in [2.75, 3.05) is 6.26 Å². The summed E-state index contributed by atoms with van der Waals surface area (Å²) in [7, 11) is -1.55. The Kier molecular flexibility index (Phi) is 3.28. The predicted molar refractivity (Wildman–Crippen MR) is 56.2 cm³/mol. The van der Waals surface area contributed by atoms with Crippen LogP contribution < -0.4 is 0 Å². The quantitative estimate of drug-likeness (QED) is 0.728. The summed E-state index contributed by atoms with van der Waals surface area (Å²) < 4.78 is 23.8. The number of hydrogen-bond acceptors (Lipinski definition) is 4. The fourth-order valence-corrected chi connectivity index (χ4v) is 1.71. The Labute approximate surface area is 89.0 Å². The van der Waals surface area contributed by atoms with Crippen LogP contribution >= 0.6 is 0 Å². The lowest BCUT2D eigenvalue weighted by molar-refractivity contribution is -0.117. The normalized spacial score (nSPS) is 13.8. The molecule has 0 aliphatic carbocycles. The molecular formula is C9H14N2O3S. The molecule has 6 heteroatoms. The molecule has 1 rings (SSSR count). The Morgan fingerprint density at radius 3 is 2.60 bits per heavy atom. The van der Waals surface area contributed by atoms with Gasteiger partial charge in [-0.1, -0.05) is 0 Å². The Morgan fingerprint density at radius 2 is 2.20 bits per heavy atom. The van der Waals surface area contributed by atoms with Gasteiger partial charge < -0.3 is 0 Å². The summed E-state index contributed by atoms with van der Waals surface area (Å²) in [5.74, 6) is -0.300. The minimum Gasteiger partial charge on any atom is -0.298 e. The average Bonchev–Trinajstić information content (AvgIpc) is 2.48. The minimum absolute atomic E-state index is 0.113. The first-order chi connectivity index (χ1) is 6.80. The molecule has 1 aromatic rings. The first-order valence-electron chi connectivity index (χ1n) is 4.50. The highest BCUT2D eigenvalue weighted by molar-refractivity contribution is 7.92. The van der Waals surface area contributed by atoms with Crippen molar-refractivity contribution in [1.29, 1.82) is 0 Å². The molecular weight excluding hydrogens is 216 g/mol. The van der Waals surface area contributed by atoms with Crippen LogP contribution in [-0.2, 0) is 28.1 Å². The smallest absolute Gasteiger partial charge is 0.157 e. The van der Waals surface area contributed by atoms with E-state index in [0.29, 0.717) is 0 Å². The molecule has 0 aliphatic rings. The van der Waals surface area contributed by atoms with E-state index in [9.17, 15) is 13.2 Å². The largest absolute Gasteiger partial charge is 0.298 e. The van der Waals surface area contributed by atoms with Crippen molar-refractivity contribution in [3.8, 4) is 0 Å². The van der Waals surface area contributed by atoms with E-state index in [2.05, 4.69) is 5.10 Å². The molecule has 0 saturated heterocycles. The predicted octanol–water partition coefficient (Wildman–Crippen LogP) is -0.0352. The standard InChI is InChI=1S/C9H14N2O3S/c1-7(15(3,13)14)9(12)4-8-5-10-11(2)6-8/h5-7H,4H2,1-3H3. The monoisotopic (exact) mass is 230 g/mol. The van der Waals surface area contributed by atoms with E-state index in [1.807, 2.05) is 0 Å². The van der Waals surface area contributed by atoms with Gasteiger partial charge in [0, 0.05) is 25.9 Å². The van der Waals surface area contributed by atoms with Crippen LogP contribution in [0, 0.1) is 0 Å². The number of aryl methyl sites for hydroxylation is 1. The summed E-state index contributed by atoms with van der Waals surface area (Å²) in [6, 6.07) is 0. The zero-order valence-corrected chi connectivity index (χ0v) is 9.78. The van der Waals surface area contributed by atoms with Crippen molar-refractivity contribution >= 4 is 15.6 Å². The summed E-state index contributed by atoms with van der Waals surface area (Å²) in [4.78, 5) is 11.6. The van der Waals surface area contributed by atoms with Crippen LogP contribution in [-0.4, -0.2) is 35.5 Å². The van der Waals surface area contributed by atoms with Crippen LogP contribution in [0.5, 0.6) is 0 Å². The van der Waals surface area contributed by atoms with Crippen LogP contribution in [0.2, 0.25) is 0 Å². The van der Waals surface area contributed by atoms with Gasteiger partial charge in [0.15, 0.2) is 15.6 Å². The van der Waals surface area contributed by atoms with Crippen LogP contribution in [0.1, 0.15) is 12.5 Å². The van der Waals surface area contributed by atoms with Crippen molar-refractivity contribution in [3.05, 3.63) is 18.0 Å². The van der Waals surface area contributed by atoms with Crippen molar-refractivity contribution < 1.29 is 13.2 Å². The van der Waals surface area contributed by atoms with E-state index < -0.39 is 15.1 Å². The molecule has 0 aliphatic heterocycles. The zero-order chi connectivity index (χ0) is 11.6. The lowest BCUT2D eigenvalue weighted by Crippen LogP contribution is -2.27. The second-order valence-corrected chi connectivity index (χ2v) is 6.00. The summed E-state index contributed by atoms with van der Waals surface area (Å²) in [6.45, 7) is 1.41. The first-order valence-corrected chi connectivity index (χ1v) is 6.45. The van der Waals surface area contributed by atoms with Gasteiger partial charge in [-0.2, -0.15) is 5.10 Å². The molecule has 1 heterocycles. The van der Waals surface area contributed by atoms with Gasteiger partial charge >= 0.3 is 0 Å². The molecule has 1 aromatic heterocycles. The number of aromatic nitrogens is 2. The van der Waals surface area contributed by atoms with Gasteiger partial charge in [0.1, 0.15) is 5.25 Å². The van der Waals surface area contributed by atoms with E-state index >= 15 is 0 Å². The lowest BCUT2D eigenvalue weighted by Gasteiger charge is -2.06. The Bertz CT molecular complexity index is 461. The summed E-state index contributed by atoms with van der Waals surface area (Å²) in [5.41, 5.74) is 0.734. The van der Waals surface area contributed by atoms with Gasteiger partial charge in [0.05, 0.1) is 6.20 Å². The molecule has 1 atom stereocenters. The molecule has 84 valence electrons. The van der Waals surface area contributed by atoms with Crippen molar-refractivity contribution in [1.82, 2.24) is 9.78 Å². The average molecular weight is 230 g/mol. The number of Topliss-reactive ketones (excluding diaryl/α,β-unsaturated/α-hetero) is 1. The molecule has 0 radical (unpaired) electrons. The van der Waals surface area contributed by atoms with Crippen molar-refractivity contribution in [3.63, 3.8) is 0 Å². The molecule has 0 N–H and O–H groups in total. The van der Waals surface area contributed by atoms with Crippen molar-refractivity contribution in [2.45, 2.75) is 18.6 Å². The molecule has 15 heavy (non-hydrogen) atoms. The van der Waals surface area contributed by atoms with Gasteiger partial charge in [-0.3, -0.25) is 9.48 Å². The minimum atomic E-state index is -3.29. The molecule has 0 aromatic carbocycles. The molecule has 1 unspecified atom stereocenters. The summed E-state index contributed by atoms with van der Waals surface area (Å²) in [6.07, 6.45) is 4.45. The van der Waals surface area contributed by atoms with Crippen LogP contribution in [0.25, 0.3) is 0 Å². The van der Waals surface area contributed by atoms with Crippen molar-refractivity contribution in [2.24, 2.45) is 7.05 Å². The second kappa shape index (κ2) is 4.14. The molecule has 0 fully saturated rings. The number of ketones is 1. The summed E-state index contributed by atoms with van der Waals surface area (Å²) in [5, 5.41) is 2.96. The van der Waals surface area contributed by atoms with Crippen LogP contribution in [0.4, 0.5) is 0 Å². The highest BCUT2D eigenvalue weighted by Gasteiger charge is 2.23. The molecule has 0 bridgehead atoms. The highest BCUT2D eigenvalue weighted by Crippen LogP contribution is 2.06. The van der Waals surface area contributed by atoms with E-state index in [1.54, 1.807) is 24.1 Å². The second-order valence-electron chi connectivity index (χ2n) is 3.64. The lowest BCUT2D eigenvalue weighted by atomic mass is 10.1. The third-order valence-electron chi connectivity index (χ3n) is 2.23. The Morgan fingerprint density at radius 1 is 1.60 bits per heavy atom. The SMILES string of the molecule is CC(C(=O)Cc1cnn(C)c1)S(C)(=O)=O. The third kappa shape index (κ3) is 3.16. The zero-order valence-electron chi connectivity index (χ0n) is 8.97. The molecule has 0 saturated carbocycles. The number of carbonyl (C=O) groups excluding carboxylic acids is 1. The third-order valence-corrected chi connectivity index (χ3v) is 3.78. The first kappa shape index (κ1) is 11.9. The van der Waals surface area contributed by atoms with Gasteiger partial charge in [-0.25, -0.2) is 8.42 Å². The van der Waals surface area contributed by atoms with Gasteiger partial charge in [-0.05, 0) is 12.5 Å². The topological polar surface area (TPSA) is 69.0 Å². The highest BCUT2D eigenvalue weighted by atomic mass is 32.2. The van der Waals surface area contributed by atoms with Gasteiger partial charge in [-0.15, -0.1) is 0 Å². The van der Waals surface area contributed by atoms with Crippen LogP contribution in [0.15, 0.2) is 12.4 Å². The summed E-state index contributed by atoms with van der Waals surface area (Å²) >= 11 is 0. The van der Waals surface area contributed by atoms with Gasteiger partial charge in [0.2, 0.25) is 0 Å². The fourth-order valence-electron chi connectivity index (χ4n) is 1.15.